The van der Waals surface area contributed by atoms with Crippen molar-refractivity contribution in [2.75, 3.05) is 13.6 Å². The van der Waals surface area contributed by atoms with Crippen molar-refractivity contribution >= 4 is 46.7 Å². The summed E-state index contributed by atoms with van der Waals surface area (Å²) >= 11 is 12.8. The lowest BCUT2D eigenvalue weighted by Gasteiger charge is -2.47. The molecule has 1 saturated carbocycles. The summed E-state index contributed by atoms with van der Waals surface area (Å²) in [6.45, 7) is 13.6. The number of carbonyl (C=O) groups is 3. The van der Waals surface area contributed by atoms with E-state index in [1.165, 1.54) is 4.90 Å². The Morgan fingerprint density at radius 2 is 1.60 bits per heavy atom. The van der Waals surface area contributed by atoms with Crippen LogP contribution in [0.2, 0.25) is 10.0 Å². The average molecular weight is 657 g/mol. The molecular formula is C36H47Cl2N3O4. The number of rotatable bonds is 9. The van der Waals surface area contributed by atoms with E-state index < -0.39 is 11.6 Å². The third kappa shape index (κ3) is 8.28. The van der Waals surface area contributed by atoms with E-state index in [1.54, 1.807) is 37.4 Å². The van der Waals surface area contributed by atoms with Crippen LogP contribution < -0.4 is 0 Å². The molecule has 4 rings (SSSR count). The third-order valence-corrected chi connectivity index (χ3v) is 9.80. The lowest BCUT2D eigenvalue weighted by atomic mass is 9.69. The van der Waals surface area contributed by atoms with E-state index in [2.05, 4.69) is 41.5 Å². The summed E-state index contributed by atoms with van der Waals surface area (Å²) in [7, 11) is 1.60. The average Bonchev–Trinajstić information content (AvgIpc) is 3.21. The Balaban J connectivity index is 1.76. The highest BCUT2D eigenvalue weighted by molar-refractivity contribution is 6.47. The van der Waals surface area contributed by atoms with Gasteiger partial charge in [-0.2, -0.15) is 0 Å². The number of hydrogen-bond donors (Lipinski definition) is 1. The van der Waals surface area contributed by atoms with Gasteiger partial charge in [-0.25, -0.2) is 0 Å². The van der Waals surface area contributed by atoms with Gasteiger partial charge < -0.3 is 14.9 Å². The molecule has 0 aromatic heterocycles. The Morgan fingerprint density at radius 3 is 2.11 bits per heavy atom. The highest BCUT2D eigenvalue weighted by atomic mass is 35.5. The summed E-state index contributed by atoms with van der Waals surface area (Å²) in [6.07, 6.45) is 4.92. The van der Waals surface area contributed by atoms with Gasteiger partial charge in [0.25, 0.3) is 11.8 Å². The van der Waals surface area contributed by atoms with Crippen LogP contribution in [0.25, 0.3) is 0 Å². The number of benzene rings is 2. The van der Waals surface area contributed by atoms with Crippen LogP contribution >= 0.6 is 23.2 Å². The van der Waals surface area contributed by atoms with Gasteiger partial charge in [0.05, 0.1) is 12.5 Å². The zero-order chi connectivity index (χ0) is 33.3. The van der Waals surface area contributed by atoms with Crippen molar-refractivity contribution in [3.63, 3.8) is 0 Å². The quantitative estimate of drug-likeness (QED) is 0.293. The molecule has 1 fully saturated rings. The predicted octanol–water partition coefficient (Wildman–Crippen LogP) is 8.67. The molecule has 2 aromatic carbocycles. The first kappa shape index (κ1) is 35.0. The molecule has 1 N–H and O–H groups in total. The lowest BCUT2D eigenvalue weighted by Crippen LogP contribution is -2.51. The molecule has 244 valence electrons. The topological polar surface area (TPSA) is 90.3 Å². The molecule has 0 radical (unpaired) electrons. The van der Waals surface area contributed by atoms with E-state index in [1.807, 2.05) is 17.0 Å². The number of aliphatic carboxylic acids is 1. The second-order valence-corrected chi connectivity index (χ2v) is 15.9. The van der Waals surface area contributed by atoms with E-state index in [0.29, 0.717) is 32.8 Å². The minimum absolute atomic E-state index is 0.0327. The molecule has 9 heteroatoms. The molecule has 1 aliphatic heterocycles. The molecule has 2 amide bonds. The Kier molecular flexibility index (Phi) is 10.4. The number of amides is 2. The van der Waals surface area contributed by atoms with Gasteiger partial charge in [-0.3, -0.25) is 19.4 Å². The van der Waals surface area contributed by atoms with Crippen molar-refractivity contribution in [2.45, 2.75) is 98.2 Å². The van der Waals surface area contributed by atoms with Crippen LogP contribution in [-0.4, -0.2) is 57.7 Å². The van der Waals surface area contributed by atoms with E-state index in [4.69, 9.17) is 33.3 Å². The van der Waals surface area contributed by atoms with Crippen LogP contribution in [0.15, 0.2) is 47.5 Å². The van der Waals surface area contributed by atoms with E-state index in [9.17, 15) is 14.4 Å². The number of aliphatic imine (C=N–C) groups is 1. The monoisotopic (exact) mass is 655 g/mol. The van der Waals surface area contributed by atoms with Gasteiger partial charge in [0, 0.05) is 34.8 Å². The number of halogens is 2. The summed E-state index contributed by atoms with van der Waals surface area (Å²) < 4.78 is 0. The predicted molar refractivity (Wildman–Crippen MR) is 181 cm³/mol. The van der Waals surface area contributed by atoms with E-state index >= 15 is 0 Å². The maximum Gasteiger partial charge on any atom is 0.305 e. The standard InChI is InChI=1S/C36H47Cl2N3O4/c1-34(2,3)16-14-29(23-8-10-24(11-9-23)32(44)40(7)19-15-30(42)43)41-33(45)31(25-20-27(37)22-28(38)21-25)39-36(41)17-12-26(13-18-36)35(4,5)6/h8-11,20-22,26,29H,12-19H2,1-7H3,(H,42,43). The fourth-order valence-corrected chi connectivity index (χ4v) is 7.20. The van der Waals surface area contributed by atoms with E-state index in [0.717, 1.165) is 44.1 Å². The second-order valence-electron chi connectivity index (χ2n) is 15.0. The molecular weight excluding hydrogens is 609 g/mol. The van der Waals surface area contributed by atoms with E-state index in [-0.39, 0.29) is 41.7 Å². The normalized spacial score (nSPS) is 21.2. The highest BCUT2D eigenvalue weighted by Crippen LogP contribution is 2.50. The zero-order valence-corrected chi connectivity index (χ0v) is 29.1. The fourth-order valence-electron chi connectivity index (χ4n) is 6.67. The smallest absolute Gasteiger partial charge is 0.305 e. The van der Waals surface area contributed by atoms with Crippen molar-refractivity contribution in [3.8, 4) is 0 Å². The molecule has 45 heavy (non-hydrogen) atoms. The van der Waals surface area contributed by atoms with Crippen molar-refractivity contribution in [1.29, 1.82) is 0 Å². The highest BCUT2D eigenvalue weighted by Gasteiger charge is 2.52. The fraction of sp³-hybridized carbons (Fsp3) is 0.556. The number of carbonyl (C=O) groups excluding carboxylic acids is 2. The number of hydrogen-bond acceptors (Lipinski definition) is 4. The molecule has 0 saturated heterocycles. The first-order chi connectivity index (χ1) is 20.9. The van der Waals surface area contributed by atoms with Gasteiger partial charge >= 0.3 is 5.97 Å². The molecule has 7 nitrogen and oxygen atoms in total. The summed E-state index contributed by atoms with van der Waals surface area (Å²) in [5, 5.41) is 9.94. The number of nitrogens with zero attached hydrogens (tertiary/aromatic N) is 3. The number of carboxylic acid groups (broad SMARTS) is 1. The lowest BCUT2D eigenvalue weighted by molar-refractivity contribution is -0.137. The van der Waals surface area contributed by atoms with Crippen molar-refractivity contribution in [1.82, 2.24) is 9.80 Å². The maximum atomic E-state index is 14.6. The van der Waals surface area contributed by atoms with Crippen LogP contribution in [0.1, 0.15) is 114 Å². The summed E-state index contributed by atoms with van der Waals surface area (Å²) in [6, 6.07) is 12.3. The molecule has 1 unspecified atom stereocenters. The first-order valence-corrected chi connectivity index (χ1v) is 16.6. The van der Waals surface area contributed by atoms with Crippen LogP contribution in [0, 0.1) is 16.7 Å². The van der Waals surface area contributed by atoms with Gasteiger partial charge in [0.1, 0.15) is 11.4 Å². The van der Waals surface area contributed by atoms with Gasteiger partial charge in [-0.15, -0.1) is 0 Å². The maximum absolute atomic E-state index is 14.6. The van der Waals surface area contributed by atoms with Crippen molar-refractivity contribution in [3.05, 3.63) is 69.2 Å². The van der Waals surface area contributed by atoms with Crippen LogP contribution in [-0.2, 0) is 9.59 Å². The summed E-state index contributed by atoms with van der Waals surface area (Å²) in [5.74, 6) is -0.799. The van der Waals surface area contributed by atoms with Crippen LogP contribution in [0.5, 0.6) is 0 Å². The Labute approximate surface area is 278 Å². The minimum Gasteiger partial charge on any atom is -0.481 e. The van der Waals surface area contributed by atoms with Gasteiger partial charge in [0.2, 0.25) is 0 Å². The van der Waals surface area contributed by atoms with Gasteiger partial charge in [0.15, 0.2) is 0 Å². The summed E-state index contributed by atoms with van der Waals surface area (Å²) in [5.41, 5.74) is 1.92. The Hall–Kier alpha value is -2.90. The zero-order valence-electron chi connectivity index (χ0n) is 27.6. The molecule has 2 aromatic rings. The molecule has 1 heterocycles. The first-order valence-electron chi connectivity index (χ1n) is 15.9. The minimum atomic E-state index is -0.950. The Bertz CT molecular complexity index is 1430. The van der Waals surface area contributed by atoms with Crippen molar-refractivity contribution < 1.29 is 19.5 Å². The third-order valence-electron chi connectivity index (χ3n) is 9.37. The molecule has 1 atom stereocenters. The molecule has 1 spiro atoms. The second kappa shape index (κ2) is 13.4. The Morgan fingerprint density at radius 1 is 1.02 bits per heavy atom. The van der Waals surface area contributed by atoms with Gasteiger partial charge in [-0.05, 0) is 91.2 Å². The van der Waals surface area contributed by atoms with Crippen LogP contribution in [0.4, 0.5) is 0 Å². The molecule has 0 bridgehead atoms. The van der Waals surface area contributed by atoms with Crippen LogP contribution in [0.3, 0.4) is 0 Å². The largest absolute Gasteiger partial charge is 0.481 e. The van der Waals surface area contributed by atoms with Crippen molar-refractivity contribution in [2.24, 2.45) is 21.7 Å². The number of carboxylic acids is 1. The molecule has 2 aliphatic rings. The summed E-state index contributed by atoms with van der Waals surface area (Å²) in [4.78, 5) is 47.4. The van der Waals surface area contributed by atoms with Gasteiger partial charge in [-0.1, -0.05) is 76.9 Å². The SMILES string of the molecule is CN(CCC(=O)O)C(=O)c1ccc(C(CCC(C)(C)C)N2C(=O)C(c3cc(Cl)cc(Cl)c3)=NC23CCC(C(C)(C)C)CC3)cc1. The molecule has 1 aliphatic carbocycles.